The molecule has 0 saturated carbocycles. The number of carbonyl (C=O) groups excluding carboxylic acids is 3. The maximum Gasteiger partial charge on any atom is 0.326 e. The maximum absolute atomic E-state index is 12.2. The Hall–Kier alpha value is -1.79. The van der Waals surface area contributed by atoms with Crippen molar-refractivity contribution in [1.29, 1.82) is 0 Å². The normalized spacial score (nSPS) is 16.7. The number of nitrogens with zero attached hydrogens (tertiary/aromatic N) is 1. The highest BCUT2D eigenvalue weighted by molar-refractivity contribution is 8.18. The molecule has 0 unspecified atom stereocenters. The number of esters is 1. The second-order valence-electron chi connectivity index (χ2n) is 4.86. The molecule has 2 rings (SSSR count). The molecule has 1 aromatic carbocycles. The number of halogens is 1. The first kappa shape index (κ1) is 16.6. The van der Waals surface area contributed by atoms with Gasteiger partial charge in [0.1, 0.15) is 6.54 Å². The van der Waals surface area contributed by atoms with E-state index in [0.29, 0.717) is 10.6 Å². The Labute approximate surface area is 137 Å². The molecular formula is C15H14ClNO4S. The molecule has 0 aliphatic carbocycles. The Morgan fingerprint density at radius 1 is 1.41 bits per heavy atom. The first-order valence-electron chi connectivity index (χ1n) is 6.57. The van der Waals surface area contributed by atoms with Crippen molar-refractivity contribution in [2.24, 2.45) is 0 Å². The molecule has 1 fully saturated rings. The van der Waals surface area contributed by atoms with Crippen molar-refractivity contribution in [2.45, 2.75) is 20.0 Å². The van der Waals surface area contributed by atoms with Crippen LogP contribution in [0.5, 0.6) is 0 Å². The number of amides is 2. The number of hydrogen-bond donors (Lipinski definition) is 0. The van der Waals surface area contributed by atoms with E-state index in [-0.39, 0.29) is 17.6 Å². The van der Waals surface area contributed by atoms with E-state index in [1.165, 1.54) is 0 Å². The molecule has 7 heteroatoms. The SMILES string of the molecule is CC(C)OC(=O)CN1C(=O)S/C(=C\c2cccc(Cl)c2)C1=O. The highest BCUT2D eigenvalue weighted by Gasteiger charge is 2.36. The van der Waals surface area contributed by atoms with E-state index in [4.69, 9.17) is 16.3 Å². The topological polar surface area (TPSA) is 63.7 Å². The Bertz CT molecular complexity index is 657. The summed E-state index contributed by atoms with van der Waals surface area (Å²) in [6, 6.07) is 6.92. The number of hydrogen-bond acceptors (Lipinski definition) is 5. The zero-order valence-electron chi connectivity index (χ0n) is 12.0. The van der Waals surface area contributed by atoms with Gasteiger partial charge in [0.05, 0.1) is 11.0 Å². The lowest BCUT2D eigenvalue weighted by molar-refractivity contribution is -0.149. The van der Waals surface area contributed by atoms with Gasteiger partial charge in [-0.3, -0.25) is 19.3 Å². The third kappa shape index (κ3) is 4.11. The van der Waals surface area contributed by atoms with Gasteiger partial charge < -0.3 is 4.74 Å². The lowest BCUT2D eigenvalue weighted by atomic mass is 10.2. The van der Waals surface area contributed by atoms with Crippen LogP contribution in [-0.2, 0) is 14.3 Å². The smallest absolute Gasteiger partial charge is 0.326 e. The van der Waals surface area contributed by atoms with Crippen molar-refractivity contribution < 1.29 is 19.1 Å². The van der Waals surface area contributed by atoms with Crippen LogP contribution in [-0.4, -0.2) is 34.7 Å². The van der Waals surface area contributed by atoms with Crippen LogP contribution in [0, 0.1) is 0 Å². The van der Waals surface area contributed by atoms with Crippen LogP contribution in [0.3, 0.4) is 0 Å². The molecule has 2 amide bonds. The summed E-state index contributed by atoms with van der Waals surface area (Å²) in [6.07, 6.45) is 1.28. The minimum absolute atomic E-state index is 0.254. The molecule has 1 saturated heterocycles. The highest BCUT2D eigenvalue weighted by Crippen LogP contribution is 2.32. The van der Waals surface area contributed by atoms with Crippen molar-refractivity contribution in [3.8, 4) is 0 Å². The lowest BCUT2D eigenvalue weighted by Crippen LogP contribution is -2.35. The Morgan fingerprint density at radius 3 is 2.77 bits per heavy atom. The van der Waals surface area contributed by atoms with Gasteiger partial charge in [-0.25, -0.2) is 0 Å². The van der Waals surface area contributed by atoms with E-state index in [2.05, 4.69) is 0 Å². The van der Waals surface area contributed by atoms with Crippen LogP contribution in [0.4, 0.5) is 4.79 Å². The number of carbonyl (C=O) groups is 3. The van der Waals surface area contributed by atoms with Gasteiger partial charge in [-0.1, -0.05) is 23.7 Å². The summed E-state index contributed by atoms with van der Waals surface area (Å²) in [5.41, 5.74) is 0.711. The van der Waals surface area contributed by atoms with Crippen molar-refractivity contribution in [2.75, 3.05) is 6.54 Å². The second-order valence-corrected chi connectivity index (χ2v) is 6.29. The van der Waals surface area contributed by atoms with Crippen molar-refractivity contribution in [3.05, 3.63) is 39.8 Å². The van der Waals surface area contributed by atoms with Gasteiger partial charge in [-0.05, 0) is 49.4 Å². The van der Waals surface area contributed by atoms with Gasteiger partial charge in [0.25, 0.3) is 11.1 Å². The van der Waals surface area contributed by atoms with E-state index < -0.39 is 17.1 Å². The lowest BCUT2D eigenvalue weighted by Gasteiger charge is -2.13. The van der Waals surface area contributed by atoms with E-state index in [1.54, 1.807) is 44.2 Å². The summed E-state index contributed by atoms with van der Waals surface area (Å²) in [5.74, 6) is -1.11. The second kappa shape index (κ2) is 6.98. The maximum atomic E-state index is 12.2. The molecule has 0 spiro atoms. The van der Waals surface area contributed by atoms with Gasteiger partial charge in [-0.2, -0.15) is 0 Å². The van der Waals surface area contributed by atoms with Gasteiger partial charge in [0.2, 0.25) is 0 Å². The van der Waals surface area contributed by atoms with Crippen LogP contribution in [0.2, 0.25) is 5.02 Å². The zero-order chi connectivity index (χ0) is 16.3. The largest absolute Gasteiger partial charge is 0.462 e. The third-order valence-corrected chi connectivity index (χ3v) is 3.82. The number of thioether (sulfide) groups is 1. The van der Waals surface area contributed by atoms with E-state index in [1.807, 2.05) is 0 Å². The van der Waals surface area contributed by atoms with Crippen LogP contribution in [0.25, 0.3) is 6.08 Å². The monoisotopic (exact) mass is 339 g/mol. The average molecular weight is 340 g/mol. The first-order valence-corrected chi connectivity index (χ1v) is 7.76. The molecule has 1 aliphatic rings. The van der Waals surface area contributed by atoms with Crippen LogP contribution < -0.4 is 0 Å². The highest BCUT2D eigenvalue weighted by atomic mass is 35.5. The fourth-order valence-corrected chi connectivity index (χ4v) is 2.85. The predicted molar refractivity (Wildman–Crippen MR) is 85.4 cm³/mol. The first-order chi connectivity index (χ1) is 10.4. The molecule has 1 heterocycles. The van der Waals surface area contributed by atoms with Gasteiger partial charge >= 0.3 is 5.97 Å². The minimum Gasteiger partial charge on any atom is -0.462 e. The fourth-order valence-electron chi connectivity index (χ4n) is 1.81. The Morgan fingerprint density at radius 2 is 2.14 bits per heavy atom. The quantitative estimate of drug-likeness (QED) is 0.622. The minimum atomic E-state index is -0.610. The summed E-state index contributed by atoms with van der Waals surface area (Å²) < 4.78 is 4.95. The standard InChI is InChI=1S/C15H14ClNO4S/c1-9(2)21-13(18)8-17-14(19)12(22-15(17)20)7-10-4-3-5-11(16)6-10/h3-7,9H,8H2,1-2H3/b12-7-. The summed E-state index contributed by atoms with van der Waals surface area (Å²) in [5, 5.41) is 0.0486. The number of benzene rings is 1. The molecule has 116 valence electrons. The molecule has 1 aliphatic heterocycles. The van der Waals surface area contributed by atoms with Crippen molar-refractivity contribution in [3.63, 3.8) is 0 Å². The Balaban J connectivity index is 2.13. The Kier molecular flexibility index (Phi) is 5.26. The molecule has 1 aromatic rings. The molecule has 0 aromatic heterocycles. The molecule has 0 bridgehead atoms. The van der Waals surface area contributed by atoms with E-state index in [9.17, 15) is 14.4 Å². The molecule has 0 atom stereocenters. The van der Waals surface area contributed by atoms with Crippen LogP contribution in [0.15, 0.2) is 29.2 Å². The summed E-state index contributed by atoms with van der Waals surface area (Å²) in [6.45, 7) is 3.02. The fraction of sp³-hybridized carbons (Fsp3) is 0.267. The molecule has 22 heavy (non-hydrogen) atoms. The molecule has 0 radical (unpaired) electrons. The van der Waals surface area contributed by atoms with Crippen molar-refractivity contribution >= 4 is 46.6 Å². The van der Waals surface area contributed by atoms with Crippen LogP contribution in [0.1, 0.15) is 19.4 Å². The summed E-state index contributed by atoms with van der Waals surface area (Å²) in [4.78, 5) is 36.8. The van der Waals surface area contributed by atoms with Gasteiger partial charge in [0, 0.05) is 5.02 Å². The van der Waals surface area contributed by atoms with Crippen molar-refractivity contribution in [1.82, 2.24) is 4.90 Å². The number of ether oxygens (including phenoxy) is 1. The zero-order valence-corrected chi connectivity index (χ0v) is 13.6. The van der Waals surface area contributed by atoms with Gasteiger partial charge in [-0.15, -0.1) is 0 Å². The summed E-state index contributed by atoms with van der Waals surface area (Å²) in [7, 11) is 0. The van der Waals surface area contributed by atoms with Crippen LogP contribution >= 0.6 is 23.4 Å². The molecule has 0 N–H and O–H groups in total. The van der Waals surface area contributed by atoms with E-state index >= 15 is 0 Å². The predicted octanol–water partition coefficient (Wildman–Crippen LogP) is 3.33. The number of rotatable bonds is 4. The number of imide groups is 1. The van der Waals surface area contributed by atoms with Gasteiger partial charge in [0.15, 0.2) is 0 Å². The molecular weight excluding hydrogens is 326 g/mol. The van der Waals surface area contributed by atoms with E-state index in [0.717, 1.165) is 16.7 Å². The molecule has 5 nitrogen and oxygen atoms in total. The average Bonchev–Trinajstić information content (AvgIpc) is 2.66. The summed E-state index contributed by atoms with van der Waals surface area (Å²) >= 11 is 6.67. The third-order valence-electron chi connectivity index (χ3n) is 2.67.